The highest BCUT2D eigenvalue weighted by Gasteiger charge is 2.20. The molecule has 1 aliphatic rings. The Balaban J connectivity index is 1.52. The number of carbonyl (C=O) groups is 2. The summed E-state index contributed by atoms with van der Waals surface area (Å²) in [6.07, 6.45) is 0.528. The van der Waals surface area contributed by atoms with Crippen molar-refractivity contribution in [1.82, 2.24) is 20.3 Å². The molecular weight excluding hydrogens is 532 g/mol. The molecule has 3 heterocycles. The Kier molecular flexibility index (Phi) is 8.26. The summed E-state index contributed by atoms with van der Waals surface area (Å²) in [5.41, 5.74) is 1.76. The third-order valence-corrected chi connectivity index (χ3v) is 8.01. The van der Waals surface area contributed by atoms with Gasteiger partial charge in [-0.25, -0.2) is 18.2 Å². The Hall–Kier alpha value is -3.98. The van der Waals surface area contributed by atoms with Gasteiger partial charge in [0, 0.05) is 31.4 Å². The van der Waals surface area contributed by atoms with E-state index in [4.69, 9.17) is 0 Å². The Morgan fingerprint density at radius 2 is 1.97 bits per heavy atom. The molecule has 2 aromatic heterocycles. The van der Waals surface area contributed by atoms with Crippen LogP contribution in [0.5, 0.6) is 0 Å². The monoisotopic (exact) mass is 560 g/mol. The SMILES string of the molecule is CCCS(=O)(=O)Nc1ccc(CNc2cc(N3CCNC(=O)C3)nc(Nc3nc(C)c(C(=O)O)s3)n2)cc1. The van der Waals surface area contributed by atoms with Gasteiger partial charge in [-0.15, -0.1) is 0 Å². The maximum absolute atomic E-state index is 12.0. The fraction of sp³-hybridized carbons (Fsp3) is 0.348. The molecule has 0 bridgehead atoms. The number of amides is 1. The first-order valence-corrected chi connectivity index (χ1v) is 14.3. The van der Waals surface area contributed by atoms with Gasteiger partial charge < -0.3 is 20.6 Å². The van der Waals surface area contributed by atoms with Crippen LogP contribution < -0.4 is 25.6 Å². The number of benzene rings is 1. The molecule has 1 saturated heterocycles. The largest absolute Gasteiger partial charge is 0.477 e. The number of hydrogen-bond donors (Lipinski definition) is 5. The average Bonchev–Trinajstić information content (AvgIpc) is 3.23. The number of hydrogen-bond acceptors (Lipinski definition) is 11. The third-order valence-electron chi connectivity index (χ3n) is 5.46. The van der Waals surface area contributed by atoms with E-state index in [0.717, 1.165) is 16.9 Å². The number of aryl methyl sites for hydroxylation is 1. The molecule has 3 aromatic rings. The number of carboxylic acids is 1. The lowest BCUT2D eigenvalue weighted by molar-refractivity contribution is -0.120. The summed E-state index contributed by atoms with van der Waals surface area (Å²) in [4.78, 5) is 38.5. The van der Waals surface area contributed by atoms with Crippen molar-refractivity contribution in [2.24, 2.45) is 0 Å². The molecule has 1 fully saturated rings. The summed E-state index contributed by atoms with van der Waals surface area (Å²) in [7, 11) is -3.37. The maximum atomic E-state index is 12.0. The molecule has 0 unspecified atom stereocenters. The van der Waals surface area contributed by atoms with Crippen molar-refractivity contribution in [3.63, 3.8) is 0 Å². The van der Waals surface area contributed by atoms with Gasteiger partial charge in [0.25, 0.3) is 0 Å². The molecule has 1 amide bonds. The Morgan fingerprint density at radius 3 is 2.63 bits per heavy atom. The van der Waals surface area contributed by atoms with Crippen LogP contribution in [-0.2, 0) is 21.4 Å². The van der Waals surface area contributed by atoms with E-state index in [0.29, 0.717) is 54.2 Å². The lowest BCUT2D eigenvalue weighted by Gasteiger charge is -2.28. The van der Waals surface area contributed by atoms with Gasteiger partial charge in [0.2, 0.25) is 21.9 Å². The van der Waals surface area contributed by atoms with Gasteiger partial charge in [-0.1, -0.05) is 30.4 Å². The number of carboxylic acid groups (broad SMARTS) is 1. The molecule has 0 saturated carbocycles. The normalized spacial score (nSPS) is 13.6. The Labute approximate surface area is 223 Å². The number of anilines is 5. The molecule has 38 heavy (non-hydrogen) atoms. The van der Waals surface area contributed by atoms with Gasteiger partial charge in [0.05, 0.1) is 18.0 Å². The van der Waals surface area contributed by atoms with Crippen LogP contribution in [0, 0.1) is 6.92 Å². The van der Waals surface area contributed by atoms with E-state index in [1.807, 2.05) is 4.90 Å². The van der Waals surface area contributed by atoms with E-state index in [2.05, 4.69) is 35.6 Å². The van der Waals surface area contributed by atoms with Crippen molar-refractivity contribution in [2.45, 2.75) is 26.8 Å². The van der Waals surface area contributed by atoms with E-state index >= 15 is 0 Å². The highest BCUT2D eigenvalue weighted by atomic mass is 32.2. The zero-order valence-electron chi connectivity index (χ0n) is 20.8. The minimum atomic E-state index is -3.37. The number of nitrogens with one attached hydrogen (secondary N) is 4. The number of thiazole rings is 1. The van der Waals surface area contributed by atoms with Gasteiger partial charge in [-0.2, -0.15) is 9.97 Å². The van der Waals surface area contributed by atoms with Crippen molar-refractivity contribution in [1.29, 1.82) is 0 Å². The van der Waals surface area contributed by atoms with Crippen LogP contribution in [0.15, 0.2) is 30.3 Å². The summed E-state index contributed by atoms with van der Waals surface area (Å²) in [6.45, 7) is 5.00. The minimum Gasteiger partial charge on any atom is -0.477 e. The summed E-state index contributed by atoms with van der Waals surface area (Å²) >= 11 is 0.980. The van der Waals surface area contributed by atoms with E-state index in [1.54, 1.807) is 44.2 Å². The minimum absolute atomic E-state index is 0.0551. The first-order valence-electron chi connectivity index (χ1n) is 11.8. The summed E-state index contributed by atoms with van der Waals surface area (Å²) in [5, 5.41) is 18.7. The third kappa shape index (κ3) is 7.07. The van der Waals surface area contributed by atoms with Crippen LogP contribution in [-0.4, -0.2) is 65.7 Å². The molecule has 0 radical (unpaired) electrons. The topological polar surface area (TPSA) is 179 Å². The zero-order valence-corrected chi connectivity index (χ0v) is 22.4. The molecule has 13 nitrogen and oxygen atoms in total. The molecule has 5 N–H and O–H groups in total. The van der Waals surface area contributed by atoms with Gasteiger partial charge >= 0.3 is 5.97 Å². The lowest BCUT2D eigenvalue weighted by Crippen LogP contribution is -2.48. The predicted octanol–water partition coefficient (Wildman–Crippen LogP) is 2.38. The van der Waals surface area contributed by atoms with Gasteiger partial charge in [-0.05, 0) is 31.0 Å². The van der Waals surface area contributed by atoms with Crippen LogP contribution in [0.1, 0.15) is 34.3 Å². The van der Waals surface area contributed by atoms with Gasteiger partial charge in [0.15, 0.2) is 5.13 Å². The van der Waals surface area contributed by atoms with Crippen molar-refractivity contribution >= 4 is 61.6 Å². The van der Waals surface area contributed by atoms with Crippen LogP contribution in [0.25, 0.3) is 0 Å². The Bertz CT molecular complexity index is 1430. The number of nitrogens with zero attached hydrogens (tertiary/aromatic N) is 4. The van der Waals surface area contributed by atoms with Crippen molar-refractivity contribution in [3.8, 4) is 0 Å². The molecule has 0 aliphatic carbocycles. The molecule has 1 aromatic carbocycles. The van der Waals surface area contributed by atoms with Crippen LogP contribution in [0.3, 0.4) is 0 Å². The molecule has 0 spiro atoms. The first kappa shape index (κ1) is 27.1. The van der Waals surface area contributed by atoms with Gasteiger partial charge in [0.1, 0.15) is 16.5 Å². The van der Waals surface area contributed by atoms with Crippen molar-refractivity contribution in [3.05, 3.63) is 46.5 Å². The molecule has 15 heteroatoms. The zero-order chi connectivity index (χ0) is 27.3. The smallest absolute Gasteiger partial charge is 0.347 e. The fourth-order valence-corrected chi connectivity index (χ4v) is 5.64. The summed E-state index contributed by atoms with van der Waals surface area (Å²) in [6, 6.07) is 8.73. The van der Waals surface area contributed by atoms with Crippen LogP contribution >= 0.6 is 11.3 Å². The molecular formula is C23H28N8O5S2. The second-order valence-electron chi connectivity index (χ2n) is 8.54. The highest BCUT2D eigenvalue weighted by molar-refractivity contribution is 7.92. The van der Waals surface area contributed by atoms with Crippen molar-refractivity contribution < 1.29 is 23.1 Å². The van der Waals surface area contributed by atoms with E-state index in [-0.39, 0.29) is 29.0 Å². The molecule has 0 atom stereocenters. The highest BCUT2D eigenvalue weighted by Crippen LogP contribution is 2.27. The van der Waals surface area contributed by atoms with Gasteiger partial charge in [-0.3, -0.25) is 14.8 Å². The quantitative estimate of drug-likeness (QED) is 0.232. The lowest BCUT2D eigenvalue weighted by atomic mass is 10.2. The first-order chi connectivity index (χ1) is 18.1. The number of carbonyl (C=O) groups excluding carboxylic acids is 1. The maximum Gasteiger partial charge on any atom is 0.347 e. The number of sulfonamides is 1. The van der Waals surface area contributed by atoms with E-state index in [9.17, 15) is 23.1 Å². The molecule has 1 aliphatic heterocycles. The van der Waals surface area contributed by atoms with Crippen molar-refractivity contribution in [2.75, 3.05) is 45.6 Å². The Morgan fingerprint density at radius 1 is 1.21 bits per heavy atom. The van der Waals surface area contributed by atoms with E-state index in [1.165, 1.54) is 0 Å². The predicted molar refractivity (Wildman–Crippen MR) is 146 cm³/mol. The molecule has 4 rings (SSSR count). The number of aromatic carboxylic acids is 1. The fourth-order valence-electron chi connectivity index (χ4n) is 3.70. The molecule has 202 valence electrons. The van der Waals surface area contributed by atoms with Crippen LogP contribution in [0.4, 0.5) is 28.4 Å². The number of rotatable bonds is 11. The second kappa shape index (κ2) is 11.6. The second-order valence-corrected chi connectivity index (χ2v) is 11.4. The summed E-state index contributed by atoms with van der Waals surface area (Å²) < 4.78 is 26.5. The number of piperazine rings is 1. The van der Waals surface area contributed by atoms with Crippen LogP contribution in [0.2, 0.25) is 0 Å². The van der Waals surface area contributed by atoms with E-state index < -0.39 is 16.0 Å². The standard InChI is InChI=1S/C23H28N8O5S2/c1-3-10-38(35,36)30-16-6-4-15(5-7-16)12-25-17-11-18(31-9-8-24-19(32)13-31)28-22(27-17)29-23-26-14(2)20(37-23)21(33)34/h4-7,11,30H,3,8-10,12-13H2,1-2H3,(H,24,32)(H,33,34)(H2,25,26,27,28,29). The average molecular weight is 561 g/mol. The number of aromatic nitrogens is 3. The summed E-state index contributed by atoms with van der Waals surface area (Å²) in [5.74, 6) is 0.0703.